The van der Waals surface area contributed by atoms with Crippen LogP contribution in [0.15, 0.2) is 36.0 Å². The normalized spacial score (nSPS) is 38.6. The Bertz CT molecular complexity index is 781. The highest BCUT2D eigenvalue weighted by Gasteiger charge is 2.48. The van der Waals surface area contributed by atoms with Crippen LogP contribution in [0.5, 0.6) is 0 Å². The van der Waals surface area contributed by atoms with E-state index < -0.39 is 67.0 Å². The maximum atomic E-state index is 10.5. The molecule has 2 rings (SSSR count). The lowest BCUT2D eigenvalue weighted by Gasteiger charge is -2.44. The average Bonchev–Trinajstić information content (AvgIpc) is 2.84. The Morgan fingerprint density at radius 3 is 2.08 bits per heavy atom. The van der Waals surface area contributed by atoms with Gasteiger partial charge < -0.3 is 49.6 Å². The van der Waals surface area contributed by atoms with Gasteiger partial charge in [-0.2, -0.15) is 0 Å². The van der Waals surface area contributed by atoms with E-state index in [0.717, 1.165) is 12.8 Å². The number of rotatable bonds is 12. The largest absolute Gasteiger partial charge is 0.388 e. The van der Waals surface area contributed by atoms with Gasteiger partial charge in [-0.1, -0.05) is 29.4 Å². The number of hydrogen-bond donors (Lipinski definition) is 6. The van der Waals surface area contributed by atoms with E-state index in [4.69, 9.17) is 18.9 Å². The van der Waals surface area contributed by atoms with E-state index >= 15 is 0 Å². The second-order valence-electron chi connectivity index (χ2n) is 10.6. The van der Waals surface area contributed by atoms with E-state index in [9.17, 15) is 30.6 Å². The molecule has 0 aromatic heterocycles. The van der Waals surface area contributed by atoms with Crippen molar-refractivity contribution in [2.45, 2.75) is 127 Å². The van der Waals surface area contributed by atoms with Crippen molar-refractivity contribution in [3.05, 3.63) is 36.0 Å². The first-order valence-electron chi connectivity index (χ1n) is 12.9. The predicted molar refractivity (Wildman–Crippen MR) is 136 cm³/mol. The molecular weight excluding hydrogens is 484 g/mol. The van der Waals surface area contributed by atoms with Gasteiger partial charge in [0.2, 0.25) is 0 Å². The molecular formula is C27H46O10. The van der Waals surface area contributed by atoms with E-state index in [0.29, 0.717) is 12.8 Å². The average molecular weight is 531 g/mol. The number of hydrogen-bond acceptors (Lipinski definition) is 10. The van der Waals surface area contributed by atoms with Gasteiger partial charge in [0.25, 0.3) is 0 Å². The topological polar surface area (TPSA) is 158 Å². The summed E-state index contributed by atoms with van der Waals surface area (Å²) in [5, 5.41) is 61.3. The highest BCUT2D eigenvalue weighted by molar-refractivity contribution is 5.04. The summed E-state index contributed by atoms with van der Waals surface area (Å²) in [4.78, 5) is 0. The minimum Gasteiger partial charge on any atom is -0.388 e. The molecule has 1 unspecified atom stereocenters. The van der Waals surface area contributed by atoms with Gasteiger partial charge >= 0.3 is 0 Å². The van der Waals surface area contributed by atoms with Gasteiger partial charge in [0.05, 0.1) is 18.3 Å². The molecule has 2 fully saturated rings. The third kappa shape index (κ3) is 8.93. The SMILES string of the molecule is C=CC(C)(CC/C=C(/C)CCC=C(C)C)O[C@@H]1O[C@H](CO[C@@H]2O[C@@H](C)[C@H](O)[C@@H](O)[C@H]2O)[C@@H](O)[C@H](O)[C@H]1O. The maximum absolute atomic E-state index is 10.5. The lowest BCUT2D eigenvalue weighted by atomic mass is 9.96. The van der Waals surface area contributed by atoms with Crippen LogP contribution >= 0.6 is 0 Å². The van der Waals surface area contributed by atoms with E-state index in [1.165, 1.54) is 18.1 Å². The summed E-state index contributed by atoms with van der Waals surface area (Å²) in [6.07, 6.45) is -4.30. The lowest BCUT2D eigenvalue weighted by molar-refractivity contribution is -0.338. The molecule has 2 heterocycles. The van der Waals surface area contributed by atoms with Crippen molar-refractivity contribution in [1.29, 1.82) is 0 Å². The van der Waals surface area contributed by atoms with E-state index in [-0.39, 0.29) is 6.61 Å². The van der Waals surface area contributed by atoms with E-state index in [1.807, 2.05) is 0 Å². The quantitative estimate of drug-likeness (QED) is 0.202. The van der Waals surface area contributed by atoms with Gasteiger partial charge in [-0.05, 0) is 60.3 Å². The van der Waals surface area contributed by atoms with Crippen LogP contribution < -0.4 is 0 Å². The monoisotopic (exact) mass is 530 g/mol. The van der Waals surface area contributed by atoms with Crippen LogP contribution in [0, 0.1) is 0 Å². The summed E-state index contributed by atoms with van der Waals surface area (Å²) in [6.45, 7) is 13.0. The molecule has 0 radical (unpaired) electrons. The Morgan fingerprint density at radius 2 is 1.46 bits per heavy atom. The van der Waals surface area contributed by atoms with Crippen LogP contribution in [0.25, 0.3) is 0 Å². The van der Waals surface area contributed by atoms with Crippen LogP contribution in [-0.4, -0.2) is 104 Å². The number of ether oxygens (including phenoxy) is 4. The minimum absolute atomic E-state index is 0.347. The molecule has 0 aliphatic carbocycles. The summed E-state index contributed by atoms with van der Waals surface area (Å²) in [7, 11) is 0. The number of aliphatic hydroxyl groups is 6. The first-order chi connectivity index (χ1) is 17.3. The first-order valence-corrected chi connectivity index (χ1v) is 12.9. The third-order valence-corrected chi connectivity index (χ3v) is 6.94. The van der Waals surface area contributed by atoms with Crippen LogP contribution in [-0.2, 0) is 18.9 Å². The zero-order valence-corrected chi connectivity index (χ0v) is 22.6. The fourth-order valence-corrected chi connectivity index (χ4v) is 4.26. The Labute approximate surface area is 219 Å². The Balaban J connectivity index is 1.98. The molecule has 10 heteroatoms. The molecule has 2 aliphatic heterocycles. The molecule has 0 saturated carbocycles. The van der Waals surface area contributed by atoms with Gasteiger partial charge in [-0.25, -0.2) is 0 Å². The van der Waals surface area contributed by atoms with Crippen molar-refractivity contribution in [3.8, 4) is 0 Å². The molecule has 0 aromatic carbocycles. The molecule has 0 spiro atoms. The summed E-state index contributed by atoms with van der Waals surface area (Å²) in [6, 6.07) is 0. The van der Waals surface area contributed by atoms with Gasteiger partial charge in [0, 0.05) is 0 Å². The zero-order chi connectivity index (χ0) is 27.9. The molecule has 0 aromatic rings. The maximum Gasteiger partial charge on any atom is 0.187 e. The summed E-state index contributed by atoms with van der Waals surface area (Å²) in [5.74, 6) is 0. The summed E-state index contributed by atoms with van der Waals surface area (Å²) >= 11 is 0. The van der Waals surface area contributed by atoms with Gasteiger partial charge in [-0.15, -0.1) is 6.58 Å². The zero-order valence-electron chi connectivity index (χ0n) is 22.6. The Morgan fingerprint density at radius 1 is 0.838 bits per heavy atom. The molecule has 2 saturated heterocycles. The summed E-state index contributed by atoms with van der Waals surface area (Å²) in [5.41, 5.74) is 1.65. The second-order valence-corrected chi connectivity index (χ2v) is 10.6. The lowest BCUT2D eigenvalue weighted by Crippen LogP contribution is -2.61. The standard InChI is InChI=1S/C27H46O10/c1-7-27(6,13-9-12-16(4)11-8-10-15(2)3)37-26-24(33)22(31)20(29)18(36-26)14-34-25-23(32)21(30)19(28)17(5)35-25/h7,10,12,17-26,28-33H,1,8-9,11,13-14H2,2-6H3/b16-12-/t17-,18+,19-,20+,21+,22-,23+,24+,25+,26-,27?/m0/s1. The smallest absolute Gasteiger partial charge is 0.187 e. The fourth-order valence-electron chi connectivity index (χ4n) is 4.26. The Kier molecular flexibility index (Phi) is 12.4. The molecule has 0 amide bonds. The van der Waals surface area contributed by atoms with Crippen molar-refractivity contribution in [1.82, 2.24) is 0 Å². The van der Waals surface area contributed by atoms with Crippen LogP contribution in [0.1, 0.15) is 60.3 Å². The molecule has 11 atom stereocenters. The van der Waals surface area contributed by atoms with Crippen LogP contribution in [0.4, 0.5) is 0 Å². The Hall–Kier alpha value is -1.18. The molecule has 10 nitrogen and oxygen atoms in total. The molecule has 0 bridgehead atoms. The highest BCUT2D eigenvalue weighted by atomic mass is 16.7. The fraction of sp³-hybridized carbons (Fsp3) is 0.778. The van der Waals surface area contributed by atoms with E-state index in [2.05, 4.69) is 39.5 Å². The van der Waals surface area contributed by atoms with Crippen LogP contribution in [0.3, 0.4) is 0 Å². The van der Waals surface area contributed by atoms with Gasteiger partial charge in [-0.3, -0.25) is 0 Å². The van der Waals surface area contributed by atoms with Crippen molar-refractivity contribution < 1.29 is 49.6 Å². The third-order valence-electron chi connectivity index (χ3n) is 6.94. The van der Waals surface area contributed by atoms with Crippen molar-refractivity contribution in [2.24, 2.45) is 0 Å². The molecule has 37 heavy (non-hydrogen) atoms. The van der Waals surface area contributed by atoms with E-state index in [1.54, 1.807) is 13.0 Å². The number of aliphatic hydroxyl groups excluding tert-OH is 6. The van der Waals surface area contributed by atoms with Gasteiger partial charge in [0.1, 0.15) is 42.7 Å². The van der Waals surface area contributed by atoms with Crippen molar-refractivity contribution in [2.75, 3.05) is 6.61 Å². The minimum atomic E-state index is -1.58. The molecule has 6 N–H and O–H groups in total. The summed E-state index contributed by atoms with van der Waals surface area (Å²) < 4.78 is 22.7. The predicted octanol–water partition coefficient (Wildman–Crippen LogP) is 1.07. The number of allylic oxidation sites excluding steroid dienone is 4. The van der Waals surface area contributed by atoms with Crippen molar-refractivity contribution in [3.63, 3.8) is 0 Å². The first kappa shape index (κ1) is 32.0. The second kappa shape index (κ2) is 14.3. The van der Waals surface area contributed by atoms with Crippen LogP contribution in [0.2, 0.25) is 0 Å². The molecule has 2 aliphatic rings. The van der Waals surface area contributed by atoms with Crippen molar-refractivity contribution >= 4 is 0 Å². The highest BCUT2D eigenvalue weighted by Crippen LogP contribution is 2.30. The van der Waals surface area contributed by atoms with Gasteiger partial charge in [0.15, 0.2) is 12.6 Å². The molecule has 214 valence electrons.